The second-order valence-electron chi connectivity index (χ2n) is 10.6. The lowest BCUT2D eigenvalue weighted by molar-refractivity contribution is -0.134. The first-order valence-electron chi connectivity index (χ1n) is 13.4. The van der Waals surface area contributed by atoms with Crippen LogP contribution in [0.4, 0.5) is 14.9 Å². The first-order valence-corrected chi connectivity index (χ1v) is 13.4. The molecule has 200 valence electrons. The Morgan fingerprint density at radius 1 is 1.16 bits per heavy atom. The fourth-order valence-corrected chi connectivity index (χ4v) is 6.13. The van der Waals surface area contributed by atoms with Gasteiger partial charge in [0.2, 0.25) is 11.8 Å². The van der Waals surface area contributed by atoms with E-state index in [1.165, 1.54) is 0 Å². The molecule has 3 aliphatic heterocycles. The number of anilines is 1. The van der Waals surface area contributed by atoms with Crippen molar-refractivity contribution >= 4 is 34.5 Å². The zero-order valence-corrected chi connectivity index (χ0v) is 21.6. The maximum absolute atomic E-state index is 15.3. The van der Waals surface area contributed by atoms with E-state index >= 15 is 4.39 Å². The van der Waals surface area contributed by atoms with Crippen LogP contribution in [0.5, 0.6) is 0 Å². The number of rotatable bonds is 5. The van der Waals surface area contributed by atoms with Gasteiger partial charge in [-0.05, 0) is 69.1 Å². The third-order valence-electron chi connectivity index (χ3n) is 8.25. The average Bonchev–Trinajstić information content (AvgIpc) is 3.21. The number of hydrogen-bond acceptors (Lipinski definition) is 6. The average molecular weight is 514 g/mol. The number of fused-ring (bicyclic) bond motifs is 1. The van der Waals surface area contributed by atoms with E-state index in [1.807, 2.05) is 32.2 Å². The molecule has 3 fully saturated rings. The summed E-state index contributed by atoms with van der Waals surface area (Å²) in [4.78, 5) is 39.7. The van der Waals surface area contributed by atoms with E-state index < -0.39 is 12.1 Å². The van der Waals surface area contributed by atoms with Crippen LogP contribution in [-0.4, -0.2) is 71.5 Å². The Labute approximate surface area is 216 Å². The number of halogens is 1. The zero-order chi connectivity index (χ0) is 26.1. The third-order valence-corrected chi connectivity index (χ3v) is 8.25. The first kappa shape index (κ1) is 25.5. The maximum Gasteiger partial charge on any atom is 0.409 e. The molecular weight excluding hydrogens is 477 g/mol. The molecule has 5 rings (SSSR count). The van der Waals surface area contributed by atoms with Gasteiger partial charge in [-0.1, -0.05) is 0 Å². The van der Waals surface area contributed by atoms with Crippen molar-refractivity contribution in [2.75, 3.05) is 37.7 Å². The van der Waals surface area contributed by atoms with Crippen molar-refractivity contribution in [3.63, 3.8) is 0 Å². The van der Waals surface area contributed by atoms with Crippen molar-refractivity contribution in [2.45, 2.75) is 57.5 Å². The molecule has 3 aliphatic rings. The summed E-state index contributed by atoms with van der Waals surface area (Å²) in [7, 11) is 1.85. The topological polar surface area (TPSA) is 96.8 Å². The van der Waals surface area contributed by atoms with Gasteiger partial charge in [0.15, 0.2) is 0 Å². The number of imide groups is 1. The number of hydrogen-bond donors (Lipinski definition) is 1. The molecule has 0 radical (unpaired) electrons. The predicted octanol–water partition coefficient (Wildman–Crippen LogP) is 3.52. The Morgan fingerprint density at radius 2 is 1.95 bits per heavy atom. The Kier molecular flexibility index (Phi) is 7.35. The van der Waals surface area contributed by atoms with E-state index in [-0.39, 0.29) is 23.8 Å². The van der Waals surface area contributed by atoms with Crippen LogP contribution in [0, 0.1) is 11.8 Å². The van der Waals surface area contributed by atoms with Crippen molar-refractivity contribution in [1.29, 1.82) is 0 Å². The SMILES string of the molecule is CCOC(=O)N1CCC(CC2CCN(c3ccc4c(C5CCC(=O)NC5=O)nn(C)c4c3)CC2F)CC1. The highest BCUT2D eigenvalue weighted by molar-refractivity contribution is 6.02. The number of nitrogens with zero attached hydrogens (tertiary/aromatic N) is 4. The summed E-state index contributed by atoms with van der Waals surface area (Å²) in [5, 5.41) is 7.92. The summed E-state index contributed by atoms with van der Waals surface area (Å²) in [6, 6.07) is 5.97. The van der Waals surface area contributed by atoms with E-state index in [9.17, 15) is 14.4 Å². The van der Waals surface area contributed by atoms with E-state index in [1.54, 1.807) is 9.58 Å². The van der Waals surface area contributed by atoms with E-state index in [0.717, 1.165) is 48.8 Å². The smallest absolute Gasteiger partial charge is 0.409 e. The number of carbonyl (C=O) groups is 3. The molecule has 1 N–H and O–H groups in total. The number of piperidine rings is 3. The van der Waals surface area contributed by atoms with Crippen LogP contribution in [0.2, 0.25) is 0 Å². The molecular formula is C27H36FN5O4. The van der Waals surface area contributed by atoms with Crippen molar-refractivity contribution in [2.24, 2.45) is 18.9 Å². The van der Waals surface area contributed by atoms with Crippen LogP contribution < -0.4 is 10.2 Å². The van der Waals surface area contributed by atoms with Crippen LogP contribution in [0.15, 0.2) is 18.2 Å². The third kappa shape index (κ3) is 5.29. The Hall–Kier alpha value is -3.17. The monoisotopic (exact) mass is 513 g/mol. The molecule has 37 heavy (non-hydrogen) atoms. The lowest BCUT2D eigenvalue weighted by Gasteiger charge is -2.39. The number of aryl methyl sites for hydroxylation is 1. The number of benzene rings is 1. The van der Waals surface area contributed by atoms with Gasteiger partial charge in [-0.2, -0.15) is 5.10 Å². The molecule has 0 bridgehead atoms. The van der Waals surface area contributed by atoms with Gasteiger partial charge in [0.25, 0.3) is 0 Å². The number of alkyl halides is 1. The zero-order valence-electron chi connectivity index (χ0n) is 21.6. The highest BCUT2D eigenvalue weighted by Crippen LogP contribution is 2.36. The van der Waals surface area contributed by atoms with E-state index in [2.05, 4.69) is 15.3 Å². The van der Waals surface area contributed by atoms with Crippen molar-refractivity contribution < 1.29 is 23.5 Å². The Balaban J connectivity index is 1.20. The van der Waals surface area contributed by atoms with Gasteiger partial charge in [0.1, 0.15) is 6.17 Å². The molecule has 1 aromatic carbocycles. The molecule has 4 heterocycles. The second kappa shape index (κ2) is 10.7. The normalized spacial score (nSPS) is 25.4. The first-order chi connectivity index (χ1) is 17.8. The molecule has 0 aliphatic carbocycles. The van der Waals surface area contributed by atoms with Gasteiger partial charge in [0, 0.05) is 50.7 Å². The molecule has 0 spiro atoms. The molecule has 0 saturated carbocycles. The lowest BCUT2D eigenvalue weighted by atomic mass is 9.82. The quantitative estimate of drug-likeness (QED) is 0.615. The molecule has 10 heteroatoms. The number of likely N-dealkylation sites (tertiary alicyclic amines) is 1. The molecule has 9 nitrogen and oxygen atoms in total. The molecule has 3 amide bonds. The van der Waals surface area contributed by atoms with E-state index in [4.69, 9.17) is 4.74 Å². The minimum atomic E-state index is -0.905. The lowest BCUT2D eigenvalue weighted by Crippen LogP contribution is -2.44. The predicted molar refractivity (Wildman–Crippen MR) is 137 cm³/mol. The maximum atomic E-state index is 15.3. The van der Waals surface area contributed by atoms with Gasteiger partial charge in [-0.25, -0.2) is 9.18 Å². The van der Waals surface area contributed by atoms with Gasteiger partial charge >= 0.3 is 6.09 Å². The Morgan fingerprint density at radius 3 is 2.65 bits per heavy atom. The summed E-state index contributed by atoms with van der Waals surface area (Å²) >= 11 is 0. The van der Waals surface area contributed by atoms with Crippen molar-refractivity contribution in [3.8, 4) is 0 Å². The number of nitrogens with one attached hydrogen (secondary N) is 1. The highest BCUT2D eigenvalue weighted by atomic mass is 19.1. The van der Waals surface area contributed by atoms with Gasteiger partial charge in [0.05, 0.1) is 23.7 Å². The number of carbonyl (C=O) groups excluding carboxylic acids is 3. The molecule has 3 unspecified atom stereocenters. The van der Waals surface area contributed by atoms with Crippen molar-refractivity contribution in [3.05, 3.63) is 23.9 Å². The van der Waals surface area contributed by atoms with Crippen LogP contribution in [-0.2, 0) is 21.4 Å². The van der Waals surface area contributed by atoms with Crippen LogP contribution >= 0.6 is 0 Å². The summed E-state index contributed by atoms with van der Waals surface area (Å²) in [5.41, 5.74) is 2.53. The summed E-state index contributed by atoms with van der Waals surface area (Å²) in [6.45, 7) is 4.71. The number of amides is 3. The fraction of sp³-hybridized carbons (Fsp3) is 0.630. The van der Waals surface area contributed by atoms with Gasteiger partial charge < -0.3 is 14.5 Å². The standard InChI is InChI=1S/C27H36FN5O4/c1-3-37-27(36)32-11-8-17(9-12-32)14-18-10-13-33(16-22(18)28)19-4-5-20-23(15-19)31(2)30-25(20)21-6-7-24(34)29-26(21)35/h4-5,15,17-18,21-22H,3,6-14,16H2,1-2H3,(H,29,34,35). The number of aromatic nitrogens is 2. The second-order valence-corrected chi connectivity index (χ2v) is 10.6. The summed E-state index contributed by atoms with van der Waals surface area (Å²) < 4.78 is 22.2. The largest absolute Gasteiger partial charge is 0.450 e. The van der Waals surface area contributed by atoms with Crippen LogP contribution in [0.1, 0.15) is 57.1 Å². The van der Waals surface area contributed by atoms with Crippen molar-refractivity contribution in [1.82, 2.24) is 20.0 Å². The molecule has 2 aromatic rings. The molecule has 3 atom stereocenters. The Bertz CT molecular complexity index is 1170. The molecule has 3 saturated heterocycles. The van der Waals surface area contributed by atoms with Crippen LogP contribution in [0.3, 0.4) is 0 Å². The summed E-state index contributed by atoms with van der Waals surface area (Å²) in [5.74, 6) is -0.501. The van der Waals surface area contributed by atoms with Crippen LogP contribution in [0.25, 0.3) is 10.9 Å². The van der Waals surface area contributed by atoms with Gasteiger partial charge in [-0.15, -0.1) is 0 Å². The fourth-order valence-electron chi connectivity index (χ4n) is 6.13. The highest BCUT2D eigenvalue weighted by Gasteiger charge is 2.34. The minimum Gasteiger partial charge on any atom is -0.450 e. The minimum absolute atomic E-state index is 0.0370. The number of ether oxygens (including phenoxy) is 1. The van der Waals surface area contributed by atoms with Gasteiger partial charge in [-0.3, -0.25) is 19.6 Å². The summed E-state index contributed by atoms with van der Waals surface area (Å²) in [6.07, 6.45) is 3.08. The molecule has 1 aromatic heterocycles. The van der Waals surface area contributed by atoms with E-state index in [0.29, 0.717) is 50.7 Å².